The van der Waals surface area contributed by atoms with Crippen LogP contribution in [0.2, 0.25) is 0 Å². The summed E-state index contributed by atoms with van der Waals surface area (Å²) in [5, 5.41) is 3.15. The maximum Gasteiger partial charge on any atom is 0.231 e. The Morgan fingerprint density at radius 2 is 1.93 bits per heavy atom. The number of carbonyl (C=O) groups excluding carboxylic acids is 1. The zero-order chi connectivity index (χ0) is 19.0. The molecule has 6 nitrogen and oxygen atoms in total. The van der Waals surface area contributed by atoms with E-state index in [-0.39, 0.29) is 30.8 Å². The molecule has 2 aromatic carbocycles. The molecule has 1 amide bonds. The van der Waals surface area contributed by atoms with Crippen LogP contribution in [0.1, 0.15) is 37.4 Å². The largest absolute Gasteiger partial charge is 0.497 e. The smallest absolute Gasteiger partial charge is 0.231 e. The van der Waals surface area contributed by atoms with Gasteiger partial charge in [0, 0.05) is 12.0 Å². The van der Waals surface area contributed by atoms with Gasteiger partial charge in [0.1, 0.15) is 17.1 Å². The lowest BCUT2D eigenvalue weighted by Gasteiger charge is -2.38. The maximum absolute atomic E-state index is 12.7. The Morgan fingerprint density at radius 1 is 1.15 bits per heavy atom. The number of rotatable bonds is 4. The molecule has 0 aliphatic carbocycles. The highest BCUT2D eigenvalue weighted by atomic mass is 16.7. The summed E-state index contributed by atoms with van der Waals surface area (Å²) >= 11 is 0. The van der Waals surface area contributed by atoms with E-state index in [4.69, 9.17) is 18.9 Å². The number of hydrogen-bond donors (Lipinski definition) is 1. The second-order valence-corrected chi connectivity index (χ2v) is 7.45. The second-order valence-electron chi connectivity index (χ2n) is 7.45. The number of nitrogens with one attached hydrogen (secondary N) is 1. The van der Waals surface area contributed by atoms with Crippen molar-refractivity contribution in [1.82, 2.24) is 5.32 Å². The molecule has 6 heteroatoms. The highest BCUT2D eigenvalue weighted by Crippen LogP contribution is 2.41. The minimum Gasteiger partial charge on any atom is -0.497 e. The molecule has 2 aliphatic rings. The molecule has 0 unspecified atom stereocenters. The summed E-state index contributed by atoms with van der Waals surface area (Å²) < 4.78 is 22.1. The molecule has 0 spiro atoms. The Kier molecular flexibility index (Phi) is 4.34. The summed E-state index contributed by atoms with van der Waals surface area (Å²) in [4.78, 5) is 12.7. The van der Waals surface area contributed by atoms with Crippen LogP contribution in [0.15, 0.2) is 36.4 Å². The fourth-order valence-electron chi connectivity index (χ4n) is 3.57. The highest BCUT2D eigenvalue weighted by molar-refractivity contribution is 5.79. The van der Waals surface area contributed by atoms with Crippen LogP contribution in [0.25, 0.3) is 0 Å². The van der Waals surface area contributed by atoms with Crippen molar-refractivity contribution < 1.29 is 23.7 Å². The first-order chi connectivity index (χ1) is 12.9. The second kappa shape index (κ2) is 6.68. The molecule has 0 aromatic heterocycles. The van der Waals surface area contributed by atoms with Gasteiger partial charge in [0.2, 0.25) is 12.7 Å². The average molecular weight is 369 g/mol. The maximum atomic E-state index is 12.7. The number of methoxy groups -OCH3 is 1. The van der Waals surface area contributed by atoms with E-state index in [1.54, 1.807) is 7.11 Å². The van der Waals surface area contributed by atoms with Gasteiger partial charge < -0.3 is 24.3 Å². The molecule has 0 saturated carbocycles. The van der Waals surface area contributed by atoms with E-state index in [9.17, 15) is 4.79 Å². The van der Waals surface area contributed by atoms with E-state index in [1.165, 1.54) is 0 Å². The first kappa shape index (κ1) is 17.5. The summed E-state index contributed by atoms with van der Waals surface area (Å²) in [6.45, 7) is 4.27. The molecule has 1 N–H and O–H groups in total. The lowest BCUT2D eigenvalue weighted by molar-refractivity contribution is -0.121. The van der Waals surface area contributed by atoms with Gasteiger partial charge in [0.15, 0.2) is 11.5 Å². The Bertz CT molecular complexity index is 877. The van der Waals surface area contributed by atoms with Crippen molar-refractivity contribution in [3.8, 4) is 23.0 Å². The number of amides is 1. The van der Waals surface area contributed by atoms with Crippen LogP contribution in [-0.4, -0.2) is 25.4 Å². The Balaban J connectivity index is 1.52. The molecule has 27 heavy (non-hydrogen) atoms. The van der Waals surface area contributed by atoms with Gasteiger partial charge in [0.05, 0.1) is 19.6 Å². The standard InChI is InChI=1S/C21H23NO5/c1-21(2)11-16(15-10-14(24-3)5-7-17(15)27-21)22-20(23)9-13-4-6-18-19(8-13)26-12-25-18/h4-8,10,16H,9,11-12H2,1-3H3,(H,22,23)/t16-/m1/s1. The van der Waals surface area contributed by atoms with Crippen LogP contribution in [0.5, 0.6) is 23.0 Å². The van der Waals surface area contributed by atoms with Gasteiger partial charge in [-0.1, -0.05) is 6.07 Å². The molecule has 142 valence electrons. The van der Waals surface area contributed by atoms with E-state index < -0.39 is 0 Å². The van der Waals surface area contributed by atoms with Crippen molar-refractivity contribution in [3.05, 3.63) is 47.5 Å². The molecule has 0 fully saturated rings. The van der Waals surface area contributed by atoms with Crippen molar-refractivity contribution in [2.45, 2.75) is 38.3 Å². The summed E-state index contributed by atoms with van der Waals surface area (Å²) in [7, 11) is 1.63. The van der Waals surface area contributed by atoms with Gasteiger partial charge in [0.25, 0.3) is 0 Å². The average Bonchev–Trinajstić information content (AvgIpc) is 3.08. The van der Waals surface area contributed by atoms with Crippen LogP contribution >= 0.6 is 0 Å². The van der Waals surface area contributed by atoms with Gasteiger partial charge in [-0.2, -0.15) is 0 Å². The van der Waals surface area contributed by atoms with Crippen LogP contribution < -0.4 is 24.3 Å². The monoisotopic (exact) mass is 369 g/mol. The molecule has 4 rings (SSSR count). The third-order valence-corrected chi connectivity index (χ3v) is 4.81. The van der Waals surface area contributed by atoms with Crippen molar-refractivity contribution >= 4 is 5.91 Å². The van der Waals surface area contributed by atoms with Crippen LogP contribution in [0, 0.1) is 0 Å². The topological polar surface area (TPSA) is 66.0 Å². The zero-order valence-corrected chi connectivity index (χ0v) is 15.7. The summed E-state index contributed by atoms with van der Waals surface area (Å²) in [5.41, 5.74) is 1.46. The molecule has 0 radical (unpaired) electrons. The Morgan fingerprint density at radius 3 is 2.74 bits per heavy atom. The normalized spacial score (nSPS) is 19.0. The predicted molar refractivity (Wildman–Crippen MR) is 99.5 cm³/mol. The molecular weight excluding hydrogens is 346 g/mol. The third-order valence-electron chi connectivity index (χ3n) is 4.81. The number of hydrogen-bond acceptors (Lipinski definition) is 5. The number of fused-ring (bicyclic) bond motifs is 2. The molecule has 0 saturated heterocycles. The quantitative estimate of drug-likeness (QED) is 0.895. The fourth-order valence-corrected chi connectivity index (χ4v) is 3.57. The van der Waals surface area contributed by atoms with E-state index in [2.05, 4.69) is 5.32 Å². The van der Waals surface area contributed by atoms with Crippen molar-refractivity contribution in [2.75, 3.05) is 13.9 Å². The van der Waals surface area contributed by atoms with Crippen molar-refractivity contribution in [2.24, 2.45) is 0 Å². The van der Waals surface area contributed by atoms with Gasteiger partial charge >= 0.3 is 0 Å². The molecule has 2 aromatic rings. The van der Waals surface area contributed by atoms with Gasteiger partial charge in [-0.05, 0) is 49.7 Å². The van der Waals surface area contributed by atoms with Crippen molar-refractivity contribution in [1.29, 1.82) is 0 Å². The Hall–Kier alpha value is -2.89. The Labute approximate surface area is 158 Å². The lowest BCUT2D eigenvalue weighted by Crippen LogP contribution is -2.41. The molecule has 2 aliphatic heterocycles. The van der Waals surface area contributed by atoms with Gasteiger partial charge in [-0.3, -0.25) is 4.79 Å². The third kappa shape index (κ3) is 3.65. The lowest BCUT2D eigenvalue weighted by atomic mass is 9.89. The fraction of sp³-hybridized carbons (Fsp3) is 0.381. The highest BCUT2D eigenvalue weighted by Gasteiger charge is 2.34. The van der Waals surface area contributed by atoms with E-state index in [0.717, 1.165) is 22.6 Å². The number of carbonyl (C=O) groups is 1. The molecule has 0 bridgehead atoms. The van der Waals surface area contributed by atoms with Gasteiger partial charge in [-0.25, -0.2) is 0 Å². The number of benzene rings is 2. The predicted octanol–water partition coefficient (Wildman–Crippen LogP) is 3.39. The van der Waals surface area contributed by atoms with Crippen LogP contribution in [0.3, 0.4) is 0 Å². The zero-order valence-electron chi connectivity index (χ0n) is 15.7. The number of ether oxygens (including phenoxy) is 4. The molecule has 1 atom stereocenters. The van der Waals surface area contributed by atoms with Crippen LogP contribution in [-0.2, 0) is 11.2 Å². The van der Waals surface area contributed by atoms with E-state index >= 15 is 0 Å². The molecule has 2 heterocycles. The van der Waals surface area contributed by atoms with Crippen LogP contribution in [0.4, 0.5) is 0 Å². The minimum absolute atomic E-state index is 0.0506. The SMILES string of the molecule is COc1ccc2c(c1)[C@H](NC(=O)Cc1ccc3c(c1)OCO3)CC(C)(C)O2. The summed E-state index contributed by atoms with van der Waals surface area (Å²) in [5.74, 6) is 2.87. The first-order valence-electron chi connectivity index (χ1n) is 8.98. The first-order valence-corrected chi connectivity index (χ1v) is 8.98. The van der Waals surface area contributed by atoms with E-state index in [1.807, 2.05) is 50.2 Å². The molecular formula is C21H23NO5. The van der Waals surface area contributed by atoms with Gasteiger partial charge in [-0.15, -0.1) is 0 Å². The summed E-state index contributed by atoms with van der Waals surface area (Å²) in [6.07, 6.45) is 0.952. The minimum atomic E-state index is -0.363. The van der Waals surface area contributed by atoms with Crippen molar-refractivity contribution in [3.63, 3.8) is 0 Å². The summed E-state index contributed by atoms with van der Waals surface area (Å²) in [6, 6.07) is 11.1. The van der Waals surface area contributed by atoms with E-state index in [0.29, 0.717) is 17.9 Å².